The summed E-state index contributed by atoms with van der Waals surface area (Å²) in [4.78, 5) is -0.207. The van der Waals surface area contributed by atoms with Gasteiger partial charge in [-0.1, -0.05) is 51.3 Å². The Kier molecular flexibility index (Phi) is 4.95. The van der Waals surface area contributed by atoms with E-state index in [1.807, 2.05) is 6.07 Å². The SMILES string of the molecule is COc1cc(Cl)ccc1C(Br)c1cc(C)c(F)cc1Cl. The third-order valence-corrected chi connectivity index (χ3v) is 4.57. The monoisotopic (exact) mass is 376 g/mol. The summed E-state index contributed by atoms with van der Waals surface area (Å²) < 4.78 is 18.8. The third-order valence-electron chi connectivity index (χ3n) is 3.02. The van der Waals surface area contributed by atoms with E-state index in [1.165, 1.54) is 6.07 Å². The molecule has 1 atom stereocenters. The molecule has 5 heteroatoms. The Bertz CT molecular complexity index is 646. The van der Waals surface area contributed by atoms with Crippen molar-refractivity contribution >= 4 is 39.1 Å². The molecule has 0 fully saturated rings. The lowest BCUT2D eigenvalue weighted by atomic mass is 10.0. The third kappa shape index (κ3) is 3.11. The molecule has 20 heavy (non-hydrogen) atoms. The van der Waals surface area contributed by atoms with Crippen LogP contribution in [0.1, 0.15) is 21.5 Å². The highest BCUT2D eigenvalue weighted by Crippen LogP contribution is 2.41. The highest BCUT2D eigenvalue weighted by molar-refractivity contribution is 9.09. The van der Waals surface area contributed by atoms with Crippen LogP contribution in [-0.4, -0.2) is 7.11 Å². The van der Waals surface area contributed by atoms with Gasteiger partial charge in [0.1, 0.15) is 11.6 Å². The number of benzene rings is 2. The van der Waals surface area contributed by atoms with Crippen LogP contribution in [0, 0.1) is 12.7 Å². The first-order valence-corrected chi connectivity index (χ1v) is 7.54. The van der Waals surface area contributed by atoms with E-state index < -0.39 is 0 Å². The normalized spacial score (nSPS) is 12.3. The molecule has 0 aliphatic carbocycles. The highest BCUT2D eigenvalue weighted by atomic mass is 79.9. The van der Waals surface area contributed by atoms with Gasteiger partial charge in [-0.15, -0.1) is 0 Å². The number of aryl methyl sites for hydroxylation is 1. The summed E-state index contributed by atoms with van der Waals surface area (Å²) in [6.45, 7) is 1.70. The summed E-state index contributed by atoms with van der Waals surface area (Å²) in [5.74, 6) is 0.332. The minimum atomic E-state index is -0.318. The van der Waals surface area contributed by atoms with Crippen LogP contribution < -0.4 is 4.74 Å². The summed E-state index contributed by atoms with van der Waals surface area (Å²) in [5.41, 5.74) is 2.21. The zero-order chi connectivity index (χ0) is 14.9. The maximum absolute atomic E-state index is 13.5. The molecule has 2 rings (SSSR count). The average molecular weight is 378 g/mol. The van der Waals surface area contributed by atoms with Gasteiger partial charge in [-0.3, -0.25) is 0 Å². The van der Waals surface area contributed by atoms with Crippen LogP contribution in [0.25, 0.3) is 0 Å². The molecule has 2 aromatic rings. The molecule has 2 aromatic carbocycles. The Balaban J connectivity index is 2.51. The maximum atomic E-state index is 13.5. The molecule has 106 valence electrons. The van der Waals surface area contributed by atoms with E-state index in [2.05, 4.69) is 15.9 Å². The van der Waals surface area contributed by atoms with Gasteiger partial charge in [0, 0.05) is 15.6 Å². The molecule has 1 unspecified atom stereocenters. The van der Waals surface area contributed by atoms with Crippen LogP contribution in [0.4, 0.5) is 4.39 Å². The number of rotatable bonds is 3. The second-order valence-corrected chi connectivity index (χ2v) is 6.13. The lowest BCUT2D eigenvalue weighted by molar-refractivity contribution is 0.410. The maximum Gasteiger partial charge on any atom is 0.127 e. The Morgan fingerprint density at radius 3 is 2.50 bits per heavy atom. The van der Waals surface area contributed by atoms with Crippen molar-refractivity contribution in [3.8, 4) is 5.75 Å². The molecule has 1 nitrogen and oxygen atoms in total. The van der Waals surface area contributed by atoms with Crippen molar-refractivity contribution in [1.29, 1.82) is 0 Å². The largest absolute Gasteiger partial charge is 0.496 e. The van der Waals surface area contributed by atoms with Gasteiger partial charge in [0.25, 0.3) is 0 Å². The highest BCUT2D eigenvalue weighted by Gasteiger charge is 2.19. The van der Waals surface area contributed by atoms with Crippen molar-refractivity contribution in [1.82, 2.24) is 0 Å². The van der Waals surface area contributed by atoms with Crippen LogP contribution in [0.5, 0.6) is 5.75 Å². The molecule has 0 aromatic heterocycles. The van der Waals surface area contributed by atoms with Gasteiger partial charge in [-0.25, -0.2) is 4.39 Å². The van der Waals surface area contributed by atoms with Crippen LogP contribution in [0.15, 0.2) is 30.3 Å². The first kappa shape index (κ1) is 15.6. The second-order valence-electron chi connectivity index (χ2n) is 4.37. The Hall–Kier alpha value is -0.770. The first-order valence-electron chi connectivity index (χ1n) is 5.87. The molecular formula is C15H12BrCl2FO. The molecule has 0 saturated carbocycles. The van der Waals surface area contributed by atoms with Crippen molar-refractivity contribution in [3.05, 3.63) is 62.9 Å². The van der Waals surface area contributed by atoms with Gasteiger partial charge >= 0.3 is 0 Å². The quantitative estimate of drug-likeness (QED) is 0.602. The van der Waals surface area contributed by atoms with E-state index >= 15 is 0 Å². The second kappa shape index (κ2) is 6.33. The number of methoxy groups -OCH3 is 1. The molecule has 0 N–H and O–H groups in total. The van der Waals surface area contributed by atoms with E-state index in [0.29, 0.717) is 21.4 Å². The van der Waals surface area contributed by atoms with Gasteiger partial charge in [-0.2, -0.15) is 0 Å². The molecule has 0 bridgehead atoms. The van der Waals surface area contributed by atoms with E-state index in [1.54, 1.807) is 32.2 Å². The minimum absolute atomic E-state index is 0.207. The number of hydrogen-bond acceptors (Lipinski definition) is 1. The molecule has 0 heterocycles. The predicted octanol–water partition coefficient (Wildman–Crippen LogP) is 5.93. The van der Waals surface area contributed by atoms with Crippen molar-refractivity contribution in [3.63, 3.8) is 0 Å². The number of ether oxygens (including phenoxy) is 1. The number of halogens is 4. The fourth-order valence-electron chi connectivity index (χ4n) is 1.94. The molecule has 0 spiro atoms. The predicted molar refractivity (Wildman–Crippen MR) is 84.9 cm³/mol. The van der Waals surface area contributed by atoms with Crippen molar-refractivity contribution in [2.75, 3.05) is 7.11 Å². The van der Waals surface area contributed by atoms with E-state index in [-0.39, 0.29) is 10.6 Å². The van der Waals surface area contributed by atoms with E-state index in [0.717, 1.165) is 11.1 Å². The summed E-state index contributed by atoms with van der Waals surface area (Å²) in [5, 5.41) is 0.957. The van der Waals surface area contributed by atoms with Crippen LogP contribution in [0.2, 0.25) is 10.0 Å². The standard InChI is InChI=1S/C15H12BrCl2FO/c1-8-5-11(12(18)7-13(8)19)15(16)10-4-3-9(17)6-14(10)20-2/h3-7,15H,1-2H3. The van der Waals surface area contributed by atoms with Gasteiger partial charge in [0.15, 0.2) is 0 Å². The molecular weight excluding hydrogens is 366 g/mol. The Labute approximate surface area is 135 Å². The average Bonchev–Trinajstić information content (AvgIpc) is 2.42. The fraction of sp³-hybridized carbons (Fsp3) is 0.200. The molecule has 0 radical (unpaired) electrons. The summed E-state index contributed by atoms with van der Waals surface area (Å²) in [6, 6.07) is 8.41. The first-order chi connectivity index (χ1) is 9.43. The summed E-state index contributed by atoms with van der Waals surface area (Å²) >= 11 is 15.7. The minimum Gasteiger partial charge on any atom is -0.496 e. The lowest BCUT2D eigenvalue weighted by Crippen LogP contribution is -1.99. The molecule has 0 aliphatic heterocycles. The Morgan fingerprint density at radius 2 is 1.85 bits per heavy atom. The van der Waals surface area contributed by atoms with E-state index in [9.17, 15) is 4.39 Å². The lowest BCUT2D eigenvalue weighted by Gasteiger charge is -2.17. The van der Waals surface area contributed by atoms with Gasteiger partial charge in [0.05, 0.1) is 11.9 Å². The zero-order valence-corrected chi connectivity index (χ0v) is 14.0. The van der Waals surface area contributed by atoms with Crippen molar-refractivity contribution in [2.24, 2.45) is 0 Å². The van der Waals surface area contributed by atoms with Crippen molar-refractivity contribution < 1.29 is 9.13 Å². The van der Waals surface area contributed by atoms with Crippen LogP contribution >= 0.6 is 39.1 Å². The molecule has 0 saturated heterocycles. The number of alkyl halides is 1. The smallest absolute Gasteiger partial charge is 0.127 e. The number of hydrogen-bond donors (Lipinski definition) is 0. The molecule has 0 aliphatic rings. The van der Waals surface area contributed by atoms with Gasteiger partial charge in [0.2, 0.25) is 0 Å². The van der Waals surface area contributed by atoms with Gasteiger partial charge < -0.3 is 4.74 Å². The van der Waals surface area contributed by atoms with Crippen molar-refractivity contribution in [2.45, 2.75) is 11.8 Å². The fourth-order valence-corrected chi connectivity index (χ4v) is 3.25. The molecule has 0 amide bonds. The zero-order valence-electron chi connectivity index (χ0n) is 10.9. The van der Waals surface area contributed by atoms with Crippen LogP contribution in [0.3, 0.4) is 0 Å². The van der Waals surface area contributed by atoms with E-state index in [4.69, 9.17) is 27.9 Å². The summed E-state index contributed by atoms with van der Waals surface area (Å²) in [7, 11) is 1.58. The summed E-state index contributed by atoms with van der Waals surface area (Å²) in [6.07, 6.45) is 0. The Morgan fingerprint density at radius 1 is 1.15 bits per heavy atom. The topological polar surface area (TPSA) is 9.23 Å². The van der Waals surface area contributed by atoms with Crippen LogP contribution in [-0.2, 0) is 0 Å². The van der Waals surface area contributed by atoms with Gasteiger partial charge in [-0.05, 0) is 36.2 Å².